The zero-order valence-corrected chi connectivity index (χ0v) is 14.4. The molecule has 0 saturated carbocycles. The summed E-state index contributed by atoms with van der Waals surface area (Å²) in [5.41, 5.74) is 0.954. The zero-order valence-electron chi connectivity index (χ0n) is 14.4. The number of amides is 1. The Hall–Kier alpha value is -3.02. The van der Waals surface area contributed by atoms with E-state index in [0.717, 1.165) is 5.56 Å². The SMILES string of the molecule is COc1ccc(C(=O)O[C@@H](C)C(=O)N(C)Cc2ccccc2)c(O)c1. The molecule has 1 N–H and O–H groups in total. The summed E-state index contributed by atoms with van der Waals surface area (Å²) in [7, 11) is 3.10. The van der Waals surface area contributed by atoms with Crippen molar-refractivity contribution in [1.29, 1.82) is 0 Å². The van der Waals surface area contributed by atoms with Crippen LogP contribution < -0.4 is 4.74 Å². The number of ether oxygens (including phenoxy) is 2. The van der Waals surface area contributed by atoms with Crippen molar-refractivity contribution in [3.05, 3.63) is 59.7 Å². The van der Waals surface area contributed by atoms with Crippen molar-refractivity contribution in [3.63, 3.8) is 0 Å². The maximum atomic E-state index is 12.4. The van der Waals surface area contributed by atoms with Crippen LogP contribution in [0.4, 0.5) is 0 Å². The lowest BCUT2D eigenvalue weighted by Gasteiger charge is -2.21. The molecule has 0 aliphatic carbocycles. The molecule has 0 aliphatic rings. The van der Waals surface area contributed by atoms with Crippen LogP contribution in [0.3, 0.4) is 0 Å². The highest BCUT2D eigenvalue weighted by Crippen LogP contribution is 2.24. The number of methoxy groups -OCH3 is 1. The van der Waals surface area contributed by atoms with Gasteiger partial charge in [0.05, 0.1) is 7.11 Å². The number of phenolic OH excluding ortho intramolecular Hbond substituents is 1. The van der Waals surface area contributed by atoms with Crippen molar-refractivity contribution in [2.75, 3.05) is 14.2 Å². The van der Waals surface area contributed by atoms with E-state index in [1.54, 1.807) is 7.05 Å². The first-order chi connectivity index (χ1) is 11.9. The first-order valence-electron chi connectivity index (χ1n) is 7.79. The first kappa shape index (κ1) is 18.3. The normalized spacial score (nSPS) is 11.5. The number of aromatic hydroxyl groups is 1. The number of phenols is 1. The van der Waals surface area contributed by atoms with Crippen LogP contribution in [0.15, 0.2) is 48.5 Å². The molecule has 1 amide bonds. The van der Waals surface area contributed by atoms with Gasteiger partial charge in [0.2, 0.25) is 0 Å². The summed E-state index contributed by atoms with van der Waals surface area (Å²) in [6.45, 7) is 1.91. The second kappa shape index (κ2) is 8.19. The molecule has 0 saturated heterocycles. The van der Waals surface area contributed by atoms with Crippen molar-refractivity contribution < 1.29 is 24.2 Å². The number of nitrogens with zero attached hydrogens (tertiary/aromatic N) is 1. The number of benzene rings is 2. The van der Waals surface area contributed by atoms with Crippen LogP contribution in [0.5, 0.6) is 11.5 Å². The molecule has 6 heteroatoms. The average molecular weight is 343 g/mol. The van der Waals surface area contributed by atoms with Crippen molar-refractivity contribution in [1.82, 2.24) is 4.90 Å². The van der Waals surface area contributed by atoms with E-state index in [0.29, 0.717) is 12.3 Å². The molecule has 2 aromatic rings. The van der Waals surface area contributed by atoms with Crippen LogP contribution in [0, 0.1) is 0 Å². The minimum absolute atomic E-state index is 0.0221. The minimum Gasteiger partial charge on any atom is -0.507 e. The molecule has 0 fully saturated rings. The van der Waals surface area contributed by atoms with Gasteiger partial charge >= 0.3 is 5.97 Å². The van der Waals surface area contributed by atoms with E-state index in [-0.39, 0.29) is 17.2 Å². The topological polar surface area (TPSA) is 76.1 Å². The average Bonchev–Trinajstić information content (AvgIpc) is 2.61. The van der Waals surface area contributed by atoms with Gasteiger partial charge in [-0.2, -0.15) is 0 Å². The third-order valence-electron chi connectivity index (χ3n) is 3.70. The molecule has 132 valence electrons. The molecular weight excluding hydrogens is 322 g/mol. The van der Waals surface area contributed by atoms with E-state index in [1.165, 1.54) is 37.1 Å². The molecule has 2 rings (SSSR count). The number of carbonyl (C=O) groups is 2. The minimum atomic E-state index is -0.970. The Kier molecular flexibility index (Phi) is 6.00. The predicted molar refractivity (Wildman–Crippen MR) is 92.5 cm³/mol. The van der Waals surface area contributed by atoms with Crippen LogP contribution >= 0.6 is 0 Å². The lowest BCUT2D eigenvalue weighted by molar-refractivity contribution is -0.139. The van der Waals surface area contributed by atoms with Gasteiger partial charge in [-0.3, -0.25) is 4.79 Å². The van der Waals surface area contributed by atoms with Crippen molar-refractivity contribution >= 4 is 11.9 Å². The molecule has 0 unspecified atom stereocenters. The number of esters is 1. The molecule has 2 aromatic carbocycles. The fraction of sp³-hybridized carbons (Fsp3) is 0.263. The Morgan fingerprint density at radius 2 is 1.84 bits per heavy atom. The van der Waals surface area contributed by atoms with Crippen molar-refractivity contribution in [2.45, 2.75) is 19.6 Å². The van der Waals surface area contributed by atoms with Gasteiger partial charge in [0, 0.05) is 19.7 Å². The Morgan fingerprint density at radius 3 is 2.44 bits per heavy atom. The largest absolute Gasteiger partial charge is 0.507 e. The number of hydrogen-bond donors (Lipinski definition) is 1. The van der Waals surface area contributed by atoms with Crippen molar-refractivity contribution in [3.8, 4) is 11.5 Å². The molecular formula is C19H21NO5. The van der Waals surface area contributed by atoms with E-state index in [2.05, 4.69) is 0 Å². The van der Waals surface area contributed by atoms with E-state index in [9.17, 15) is 14.7 Å². The molecule has 1 atom stereocenters. The summed E-state index contributed by atoms with van der Waals surface area (Å²) in [4.78, 5) is 26.0. The van der Waals surface area contributed by atoms with Gasteiger partial charge < -0.3 is 19.5 Å². The van der Waals surface area contributed by atoms with Gasteiger partial charge in [-0.15, -0.1) is 0 Å². The second-order valence-corrected chi connectivity index (χ2v) is 5.61. The maximum Gasteiger partial charge on any atom is 0.342 e. The summed E-state index contributed by atoms with van der Waals surface area (Å²) in [6, 6.07) is 13.7. The molecule has 6 nitrogen and oxygen atoms in total. The van der Waals surface area contributed by atoms with Crippen LogP contribution in [0.1, 0.15) is 22.8 Å². The standard InChI is InChI=1S/C19H21NO5/c1-13(18(22)20(2)12-14-7-5-4-6-8-14)25-19(23)16-10-9-15(24-3)11-17(16)21/h4-11,13,21H,12H2,1-3H3/t13-/m0/s1. The highest BCUT2D eigenvalue weighted by Gasteiger charge is 2.23. The summed E-state index contributed by atoms with van der Waals surface area (Å²) in [5.74, 6) is -0.943. The molecule has 0 spiro atoms. The van der Waals surface area contributed by atoms with Gasteiger partial charge in [-0.25, -0.2) is 4.79 Å². The van der Waals surface area contributed by atoms with E-state index < -0.39 is 12.1 Å². The van der Waals surface area contributed by atoms with E-state index in [4.69, 9.17) is 9.47 Å². The number of carbonyl (C=O) groups excluding carboxylic acids is 2. The number of rotatable bonds is 6. The highest BCUT2D eigenvalue weighted by atomic mass is 16.5. The van der Waals surface area contributed by atoms with Gasteiger partial charge in [-0.05, 0) is 24.6 Å². The molecule has 0 aliphatic heterocycles. The third kappa shape index (κ3) is 4.73. The van der Waals surface area contributed by atoms with E-state index >= 15 is 0 Å². The van der Waals surface area contributed by atoms with E-state index in [1.807, 2.05) is 30.3 Å². The first-order valence-corrected chi connectivity index (χ1v) is 7.79. The lowest BCUT2D eigenvalue weighted by atomic mass is 10.2. The zero-order chi connectivity index (χ0) is 18.4. The fourth-order valence-corrected chi connectivity index (χ4v) is 2.33. The van der Waals surface area contributed by atoms with Gasteiger partial charge in [-0.1, -0.05) is 30.3 Å². The summed E-state index contributed by atoms with van der Waals surface area (Å²) >= 11 is 0. The van der Waals surface area contributed by atoms with Gasteiger partial charge in [0.25, 0.3) is 5.91 Å². The second-order valence-electron chi connectivity index (χ2n) is 5.61. The Labute approximate surface area is 146 Å². The van der Waals surface area contributed by atoms with Crippen LogP contribution in [-0.2, 0) is 16.1 Å². The fourth-order valence-electron chi connectivity index (χ4n) is 2.33. The van der Waals surface area contributed by atoms with Gasteiger partial charge in [0.1, 0.15) is 17.1 Å². The molecule has 0 heterocycles. The molecule has 25 heavy (non-hydrogen) atoms. The maximum absolute atomic E-state index is 12.4. The van der Waals surface area contributed by atoms with Crippen LogP contribution in [0.2, 0.25) is 0 Å². The molecule has 0 radical (unpaired) electrons. The van der Waals surface area contributed by atoms with Gasteiger partial charge in [0.15, 0.2) is 6.10 Å². The Bertz CT molecular complexity index is 745. The molecule has 0 bridgehead atoms. The monoisotopic (exact) mass is 343 g/mol. The van der Waals surface area contributed by atoms with Crippen LogP contribution in [-0.4, -0.2) is 42.1 Å². The summed E-state index contributed by atoms with van der Waals surface area (Å²) < 4.78 is 10.1. The highest BCUT2D eigenvalue weighted by molar-refractivity contribution is 5.94. The number of hydrogen-bond acceptors (Lipinski definition) is 5. The smallest absolute Gasteiger partial charge is 0.342 e. The Balaban J connectivity index is 1.99. The number of likely N-dealkylation sites (N-methyl/N-ethyl adjacent to an activating group) is 1. The molecule has 0 aromatic heterocycles. The third-order valence-corrected chi connectivity index (χ3v) is 3.70. The Morgan fingerprint density at radius 1 is 1.16 bits per heavy atom. The van der Waals surface area contributed by atoms with Crippen molar-refractivity contribution in [2.24, 2.45) is 0 Å². The van der Waals surface area contributed by atoms with Crippen LogP contribution in [0.25, 0.3) is 0 Å². The lowest BCUT2D eigenvalue weighted by Crippen LogP contribution is -2.37. The quantitative estimate of drug-likeness (QED) is 0.816. The predicted octanol–water partition coefficient (Wildman–Crippen LogP) is 2.60. The summed E-state index contributed by atoms with van der Waals surface area (Å²) in [5, 5.41) is 9.87. The summed E-state index contributed by atoms with van der Waals surface area (Å²) in [6.07, 6.45) is -0.970.